The number of hydrogen-bond donors (Lipinski definition) is 1. The Morgan fingerprint density at radius 3 is 2.30 bits per heavy atom. The van der Waals surface area contributed by atoms with Crippen molar-refractivity contribution >= 4 is 16.4 Å². The summed E-state index contributed by atoms with van der Waals surface area (Å²) in [6.45, 7) is 2.90. The van der Waals surface area contributed by atoms with E-state index in [1.165, 1.54) is 12.1 Å². The fraction of sp³-hybridized carbons (Fsp3) is 0.188. The molecule has 0 unspecified atom stereocenters. The Balaban J connectivity index is 0.000000168. The van der Waals surface area contributed by atoms with Crippen LogP contribution in [0.25, 0.3) is 0 Å². The van der Waals surface area contributed by atoms with Gasteiger partial charge in [-0.3, -0.25) is 9.35 Å². The van der Waals surface area contributed by atoms with E-state index in [4.69, 9.17) is 14.0 Å². The molecule has 1 aliphatic heterocycles. The third-order valence-corrected chi connectivity index (χ3v) is 3.91. The smallest absolute Gasteiger partial charge is 0.294 e. The second kappa shape index (κ2) is 7.26. The summed E-state index contributed by atoms with van der Waals surface area (Å²) in [6.07, 6.45) is 0.771. The van der Waals surface area contributed by atoms with Crippen molar-refractivity contribution in [2.45, 2.75) is 11.8 Å². The number of para-hydroxylation sites is 1. The van der Waals surface area contributed by atoms with Crippen molar-refractivity contribution in [3.63, 3.8) is 0 Å². The lowest BCUT2D eigenvalue weighted by Gasteiger charge is -2.18. The van der Waals surface area contributed by atoms with E-state index >= 15 is 0 Å². The van der Waals surface area contributed by atoms with E-state index in [0.717, 1.165) is 11.8 Å². The predicted molar refractivity (Wildman–Crippen MR) is 83.8 cm³/mol. The maximum Gasteiger partial charge on any atom is 0.294 e. The topological polar surface area (TPSA) is 89.9 Å². The molecule has 2 aromatic carbocycles. The molecular formula is C16H16O6S. The van der Waals surface area contributed by atoms with Gasteiger partial charge in [-0.2, -0.15) is 8.42 Å². The van der Waals surface area contributed by atoms with Gasteiger partial charge in [0.25, 0.3) is 10.1 Å². The van der Waals surface area contributed by atoms with Crippen LogP contribution in [0, 0.1) is 6.92 Å². The Labute approximate surface area is 134 Å². The number of ether oxygens (including phenoxy) is 2. The molecule has 0 fully saturated rings. The van der Waals surface area contributed by atoms with Crippen molar-refractivity contribution < 1.29 is 27.2 Å². The van der Waals surface area contributed by atoms with E-state index in [1.54, 1.807) is 30.3 Å². The largest absolute Gasteiger partial charge is 0.486 e. The number of fused-ring (bicyclic) bond motifs is 1. The Kier molecular flexibility index (Phi) is 5.36. The molecule has 0 atom stereocenters. The molecule has 23 heavy (non-hydrogen) atoms. The number of benzene rings is 2. The summed E-state index contributed by atoms with van der Waals surface area (Å²) < 4.78 is 40.1. The van der Waals surface area contributed by atoms with E-state index in [1.807, 2.05) is 6.92 Å². The minimum absolute atomic E-state index is 0.0666. The van der Waals surface area contributed by atoms with Crippen LogP contribution in [0.1, 0.15) is 15.9 Å². The molecule has 122 valence electrons. The van der Waals surface area contributed by atoms with Gasteiger partial charge in [0, 0.05) is 0 Å². The van der Waals surface area contributed by atoms with Crippen molar-refractivity contribution in [3.05, 3.63) is 53.6 Å². The molecular weight excluding hydrogens is 320 g/mol. The highest BCUT2D eigenvalue weighted by Crippen LogP contribution is 2.32. The van der Waals surface area contributed by atoms with Crippen LogP contribution in [-0.2, 0) is 10.1 Å². The molecule has 0 aliphatic carbocycles. The minimum atomic E-state index is -4.02. The summed E-state index contributed by atoms with van der Waals surface area (Å²) >= 11 is 0. The Bertz CT molecular complexity index is 781. The lowest BCUT2D eigenvalue weighted by atomic mass is 10.2. The zero-order valence-corrected chi connectivity index (χ0v) is 13.2. The van der Waals surface area contributed by atoms with Crippen LogP contribution < -0.4 is 9.47 Å². The molecule has 2 aromatic rings. The molecule has 7 heteroatoms. The highest BCUT2D eigenvalue weighted by atomic mass is 32.2. The van der Waals surface area contributed by atoms with Crippen LogP contribution in [-0.4, -0.2) is 32.5 Å². The molecule has 0 saturated carbocycles. The number of carbonyl (C=O) groups excluding carboxylic acids is 1. The molecule has 0 bridgehead atoms. The van der Waals surface area contributed by atoms with Crippen molar-refractivity contribution in [1.82, 2.24) is 0 Å². The normalized spacial score (nSPS) is 12.8. The first-order chi connectivity index (χ1) is 10.9. The summed E-state index contributed by atoms with van der Waals surface area (Å²) in [4.78, 5) is 10.5. The lowest BCUT2D eigenvalue weighted by Crippen LogP contribution is -2.16. The van der Waals surface area contributed by atoms with Crippen molar-refractivity contribution in [2.24, 2.45) is 0 Å². The van der Waals surface area contributed by atoms with E-state index in [0.29, 0.717) is 30.3 Å². The molecule has 0 aromatic heterocycles. The molecule has 3 rings (SSSR count). The third-order valence-electron chi connectivity index (χ3n) is 3.04. The zero-order chi connectivity index (χ0) is 16.9. The first kappa shape index (κ1) is 17.0. The third kappa shape index (κ3) is 4.54. The molecule has 1 heterocycles. The van der Waals surface area contributed by atoms with E-state index in [2.05, 4.69) is 0 Å². The van der Waals surface area contributed by atoms with Gasteiger partial charge in [0.15, 0.2) is 17.8 Å². The molecule has 0 saturated heterocycles. The standard InChI is InChI=1S/C9H8O3.C7H8O3S/c10-6-7-2-1-3-8-9(7)12-5-4-11-8;1-6-2-4-7(5-3-6)11(8,9)10/h1-3,6H,4-5H2;2-5H,1H3,(H,8,9,10). The fourth-order valence-electron chi connectivity index (χ4n) is 1.90. The summed E-state index contributed by atoms with van der Waals surface area (Å²) in [7, 11) is -4.02. The first-order valence-electron chi connectivity index (χ1n) is 6.80. The van der Waals surface area contributed by atoms with Crippen LogP contribution in [0.5, 0.6) is 11.5 Å². The van der Waals surface area contributed by atoms with Gasteiger partial charge in [0.1, 0.15) is 13.2 Å². The molecule has 1 aliphatic rings. The van der Waals surface area contributed by atoms with Crippen molar-refractivity contribution in [1.29, 1.82) is 0 Å². The van der Waals surface area contributed by atoms with Gasteiger partial charge in [-0.1, -0.05) is 23.8 Å². The fourth-order valence-corrected chi connectivity index (χ4v) is 2.38. The van der Waals surface area contributed by atoms with Gasteiger partial charge in [-0.05, 0) is 31.2 Å². The molecule has 1 N–H and O–H groups in total. The zero-order valence-electron chi connectivity index (χ0n) is 12.4. The molecule has 0 spiro atoms. The highest BCUT2D eigenvalue weighted by Gasteiger charge is 2.14. The Morgan fingerprint density at radius 2 is 1.70 bits per heavy atom. The number of carbonyl (C=O) groups is 1. The minimum Gasteiger partial charge on any atom is -0.486 e. The van der Waals surface area contributed by atoms with Gasteiger partial charge in [0.2, 0.25) is 0 Å². The second-order valence-corrected chi connectivity index (χ2v) is 6.20. The van der Waals surface area contributed by atoms with Crippen molar-refractivity contribution in [3.8, 4) is 11.5 Å². The van der Waals surface area contributed by atoms with Crippen molar-refractivity contribution in [2.75, 3.05) is 13.2 Å². The van der Waals surface area contributed by atoms with E-state index in [9.17, 15) is 13.2 Å². The average Bonchev–Trinajstić information content (AvgIpc) is 2.54. The maximum atomic E-state index is 10.5. The predicted octanol–water partition coefficient (Wildman–Crippen LogP) is 2.51. The van der Waals surface area contributed by atoms with E-state index in [-0.39, 0.29) is 4.90 Å². The van der Waals surface area contributed by atoms with Gasteiger partial charge < -0.3 is 9.47 Å². The van der Waals surface area contributed by atoms with Crippen LogP contribution in [0.3, 0.4) is 0 Å². The summed E-state index contributed by atoms with van der Waals surface area (Å²) in [5, 5.41) is 0. The Hall–Kier alpha value is -2.38. The first-order valence-corrected chi connectivity index (χ1v) is 8.24. The molecule has 0 amide bonds. The number of aldehydes is 1. The maximum absolute atomic E-state index is 10.5. The van der Waals surface area contributed by atoms with Gasteiger partial charge in [0.05, 0.1) is 10.5 Å². The monoisotopic (exact) mass is 336 g/mol. The number of aryl methyl sites for hydroxylation is 1. The van der Waals surface area contributed by atoms with Gasteiger partial charge >= 0.3 is 0 Å². The van der Waals surface area contributed by atoms with Gasteiger partial charge in [-0.25, -0.2) is 0 Å². The molecule has 0 radical (unpaired) electrons. The average molecular weight is 336 g/mol. The molecule has 6 nitrogen and oxygen atoms in total. The van der Waals surface area contributed by atoms with Crippen LogP contribution >= 0.6 is 0 Å². The van der Waals surface area contributed by atoms with E-state index < -0.39 is 10.1 Å². The summed E-state index contributed by atoms with van der Waals surface area (Å²) in [6, 6.07) is 11.3. The van der Waals surface area contributed by atoms with Crippen LogP contribution in [0.4, 0.5) is 0 Å². The summed E-state index contributed by atoms with van der Waals surface area (Å²) in [5.41, 5.74) is 1.50. The summed E-state index contributed by atoms with van der Waals surface area (Å²) in [5.74, 6) is 1.23. The van der Waals surface area contributed by atoms with Crippen LogP contribution in [0.15, 0.2) is 47.4 Å². The SMILES string of the molecule is Cc1ccc(S(=O)(=O)O)cc1.O=Cc1cccc2c1OCCO2. The lowest BCUT2D eigenvalue weighted by molar-refractivity contribution is 0.111. The number of rotatable bonds is 2. The number of hydrogen-bond acceptors (Lipinski definition) is 5. The highest BCUT2D eigenvalue weighted by molar-refractivity contribution is 7.85. The van der Waals surface area contributed by atoms with Gasteiger partial charge in [-0.15, -0.1) is 0 Å². The van der Waals surface area contributed by atoms with Crippen LogP contribution in [0.2, 0.25) is 0 Å². The second-order valence-electron chi connectivity index (χ2n) is 4.78. The Morgan fingerprint density at radius 1 is 1.04 bits per heavy atom. The quantitative estimate of drug-likeness (QED) is 0.669.